The van der Waals surface area contributed by atoms with Crippen molar-refractivity contribution in [2.45, 2.75) is 26.4 Å². The molecule has 106 valence electrons. The molecule has 0 saturated heterocycles. The SMILES string of the molecule is CCCNc1c2c(nc3c(F)ccc(Br)c13)CCOC2. The molecular formula is C15H16BrFN2O. The van der Waals surface area contributed by atoms with Crippen LogP contribution in [-0.2, 0) is 17.8 Å². The van der Waals surface area contributed by atoms with Crippen LogP contribution in [0.25, 0.3) is 10.9 Å². The van der Waals surface area contributed by atoms with Crippen LogP contribution in [-0.4, -0.2) is 18.1 Å². The minimum Gasteiger partial charge on any atom is -0.384 e. The molecule has 1 aliphatic rings. The van der Waals surface area contributed by atoms with Gasteiger partial charge in [-0.2, -0.15) is 0 Å². The standard InChI is InChI=1S/C15H16BrFN2O/c1-2-6-18-14-9-8-20-7-5-12(9)19-15-11(17)4-3-10(16)13(14)15/h3-4H,2,5-8H2,1H3,(H,18,19). The molecule has 2 heterocycles. The van der Waals surface area contributed by atoms with Crippen LogP contribution in [0.5, 0.6) is 0 Å². The van der Waals surface area contributed by atoms with Gasteiger partial charge < -0.3 is 10.1 Å². The van der Waals surface area contributed by atoms with E-state index in [9.17, 15) is 4.39 Å². The van der Waals surface area contributed by atoms with Gasteiger partial charge in [0.1, 0.15) is 11.3 Å². The smallest absolute Gasteiger partial charge is 0.149 e. The Bertz CT molecular complexity index is 660. The van der Waals surface area contributed by atoms with Crippen LogP contribution in [0, 0.1) is 5.82 Å². The Labute approximate surface area is 125 Å². The molecule has 1 aliphatic heterocycles. The summed E-state index contributed by atoms with van der Waals surface area (Å²) in [5.74, 6) is -0.281. The van der Waals surface area contributed by atoms with E-state index in [1.807, 2.05) is 0 Å². The summed E-state index contributed by atoms with van der Waals surface area (Å²) in [4.78, 5) is 4.52. The Morgan fingerprint density at radius 1 is 1.45 bits per heavy atom. The zero-order valence-electron chi connectivity index (χ0n) is 11.3. The summed E-state index contributed by atoms with van der Waals surface area (Å²) in [5.41, 5.74) is 3.39. The van der Waals surface area contributed by atoms with Crippen molar-refractivity contribution in [2.75, 3.05) is 18.5 Å². The number of hydrogen-bond donors (Lipinski definition) is 1. The molecule has 3 nitrogen and oxygen atoms in total. The van der Waals surface area contributed by atoms with Crippen LogP contribution in [0.15, 0.2) is 16.6 Å². The number of aromatic nitrogens is 1. The Morgan fingerprint density at radius 3 is 3.10 bits per heavy atom. The van der Waals surface area contributed by atoms with E-state index in [-0.39, 0.29) is 5.82 Å². The summed E-state index contributed by atoms with van der Waals surface area (Å²) < 4.78 is 20.5. The summed E-state index contributed by atoms with van der Waals surface area (Å²) in [6, 6.07) is 3.18. The average Bonchev–Trinajstić information content (AvgIpc) is 2.48. The number of rotatable bonds is 3. The fourth-order valence-corrected chi connectivity index (χ4v) is 3.05. The van der Waals surface area contributed by atoms with Gasteiger partial charge in [-0.25, -0.2) is 9.37 Å². The van der Waals surface area contributed by atoms with Crippen molar-refractivity contribution in [2.24, 2.45) is 0 Å². The third-order valence-corrected chi connectivity index (χ3v) is 4.17. The molecule has 0 spiro atoms. The monoisotopic (exact) mass is 338 g/mol. The van der Waals surface area contributed by atoms with Crippen LogP contribution in [0.4, 0.5) is 10.1 Å². The van der Waals surface area contributed by atoms with E-state index in [1.54, 1.807) is 6.07 Å². The zero-order chi connectivity index (χ0) is 14.1. The third kappa shape index (κ3) is 2.29. The molecular weight excluding hydrogens is 323 g/mol. The van der Waals surface area contributed by atoms with Gasteiger partial charge in [0.25, 0.3) is 0 Å². The molecule has 5 heteroatoms. The third-order valence-electron chi connectivity index (χ3n) is 3.51. The molecule has 0 atom stereocenters. The van der Waals surface area contributed by atoms with Gasteiger partial charge in [0.05, 0.1) is 24.6 Å². The highest BCUT2D eigenvalue weighted by Crippen LogP contribution is 2.37. The molecule has 0 saturated carbocycles. The van der Waals surface area contributed by atoms with Crippen LogP contribution < -0.4 is 5.32 Å². The lowest BCUT2D eigenvalue weighted by Gasteiger charge is -2.22. The lowest BCUT2D eigenvalue weighted by atomic mass is 10.0. The number of benzene rings is 1. The molecule has 0 unspecified atom stereocenters. The fraction of sp³-hybridized carbons (Fsp3) is 0.400. The van der Waals surface area contributed by atoms with Crippen LogP contribution in [0.1, 0.15) is 24.6 Å². The minimum atomic E-state index is -0.281. The summed E-state index contributed by atoms with van der Waals surface area (Å²) in [6.07, 6.45) is 1.74. The molecule has 1 aromatic carbocycles. The van der Waals surface area contributed by atoms with Crippen LogP contribution in [0.2, 0.25) is 0 Å². The number of anilines is 1. The molecule has 0 aliphatic carbocycles. The number of pyridine rings is 1. The van der Waals surface area contributed by atoms with Gasteiger partial charge in [-0.05, 0) is 18.6 Å². The highest BCUT2D eigenvalue weighted by molar-refractivity contribution is 9.10. The second-order valence-electron chi connectivity index (χ2n) is 4.89. The summed E-state index contributed by atoms with van der Waals surface area (Å²) in [6.45, 7) is 4.13. The predicted octanol–water partition coefficient (Wildman–Crippen LogP) is 4.03. The summed E-state index contributed by atoms with van der Waals surface area (Å²) >= 11 is 3.51. The molecule has 20 heavy (non-hydrogen) atoms. The van der Waals surface area contributed by atoms with E-state index in [2.05, 4.69) is 33.2 Å². The first-order chi connectivity index (χ1) is 9.72. The first kappa shape index (κ1) is 13.8. The van der Waals surface area contributed by atoms with Crippen molar-refractivity contribution in [1.82, 2.24) is 4.98 Å². The second kappa shape index (κ2) is 5.66. The van der Waals surface area contributed by atoms with E-state index in [0.29, 0.717) is 18.7 Å². The first-order valence-corrected chi connectivity index (χ1v) is 7.62. The number of hydrogen-bond acceptors (Lipinski definition) is 3. The molecule has 0 bridgehead atoms. The Morgan fingerprint density at radius 2 is 2.30 bits per heavy atom. The second-order valence-corrected chi connectivity index (χ2v) is 5.75. The predicted molar refractivity (Wildman–Crippen MR) is 81.5 cm³/mol. The van der Waals surface area contributed by atoms with Gasteiger partial charge in [0.15, 0.2) is 0 Å². The van der Waals surface area contributed by atoms with E-state index in [0.717, 1.165) is 46.2 Å². The molecule has 1 N–H and O–H groups in total. The van der Waals surface area contributed by atoms with Crippen molar-refractivity contribution in [1.29, 1.82) is 0 Å². The average molecular weight is 339 g/mol. The van der Waals surface area contributed by atoms with Crippen LogP contribution >= 0.6 is 15.9 Å². The van der Waals surface area contributed by atoms with Gasteiger partial charge in [-0.1, -0.05) is 22.9 Å². The summed E-state index contributed by atoms with van der Waals surface area (Å²) in [5, 5.41) is 4.22. The lowest BCUT2D eigenvalue weighted by molar-refractivity contribution is 0.110. The van der Waals surface area contributed by atoms with Crippen molar-refractivity contribution in [3.05, 3.63) is 33.7 Å². The zero-order valence-corrected chi connectivity index (χ0v) is 12.9. The molecule has 1 aromatic heterocycles. The number of halogens is 2. The Kier molecular flexibility index (Phi) is 3.89. The molecule has 2 aromatic rings. The van der Waals surface area contributed by atoms with E-state index < -0.39 is 0 Å². The van der Waals surface area contributed by atoms with Gasteiger partial charge in [0, 0.05) is 28.4 Å². The number of ether oxygens (including phenoxy) is 1. The van der Waals surface area contributed by atoms with Crippen molar-refractivity contribution in [3.8, 4) is 0 Å². The maximum atomic E-state index is 14.1. The van der Waals surface area contributed by atoms with E-state index in [1.165, 1.54) is 6.07 Å². The molecule has 3 rings (SSSR count). The minimum absolute atomic E-state index is 0.281. The van der Waals surface area contributed by atoms with E-state index in [4.69, 9.17) is 4.74 Å². The number of fused-ring (bicyclic) bond motifs is 2. The molecule has 0 amide bonds. The maximum Gasteiger partial charge on any atom is 0.149 e. The first-order valence-electron chi connectivity index (χ1n) is 6.83. The Balaban J connectivity index is 2.30. The number of nitrogens with zero attached hydrogens (tertiary/aromatic N) is 1. The molecule has 0 radical (unpaired) electrons. The largest absolute Gasteiger partial charge is 0.384 e. The van der Waals surface area contributed by atoms with Crippen molar-refractivity contribution in [3.63, 3.8) is 0 Å². The fourth-order valence-electron chi connectivity index (χ4n) is 2.54. The number of nitrogens with one attached hydrogen (secondary N) is 1. The maximum absolute atomic E-state index is 14.1. The Hall–Kier alpha value is -1.20. The quantitative estimate of drug-likeness (QED) is 0.917. The highest BCUT2D eigenvalue weighted by Gasteiger charge is 2.21. The van der Waals surface area contributed by atoms with Gasteiger partial charge in [-0.3, -0.25) is 0 Å². The van der Waals surface area contributed by atoms with Crippen molar-refractivity contribution < 1.29 is 9.13 Å². The lowest BCUT2D eigenvalue weighted by Crippen LogP contribution is -2.16. The van der Waals surface area contributed by atoms with Gasteiger partial charge in [0.2, 0.25) is 0 Å². The summed E-state index contributed by atoms with van der Waals surface area (Å²) in [7, 11) is 0. The topological polar surface area (TPSA) is 34.2 Å². The normalized spacial score (nSPS) is 14.3. The van der Waals surface area contributed by atoms with Gasteiger partial charge in [-0.15, -0.1) is 0 Å². The van der Waals surface area contributed by atoms with Crippen LogP contribution in [0.3, 0.4) is 0 Å². The van der Waals surface area contributed by atoms with Gasteiger partial charge >= 0.3 is 0 Å². The van der Waals surface area contributed by atoms with E-state index >= 15 is 0 Å². The molecule has 0 fully saturated rings. The van der Waals surface area contributed by atoms with Crippen molar-refractivity contribution >= 4 is 32.5 Å². The highest BCUT2D eigenvalue weighted by atomic mass is 79.9.